The van der Waals surface area contributed by atoms with E-state index in [1.165, 1.54) is 0 Å². The molecule has 2 aromatic carbocycles. The molecule has 0 aliphatic rings. The molecule has 1 N–H and O–H groups in total. The zero-order valence-corrected chi connectivity index (χ0v) is 15.1. The summed E-state index contributed by atoms with van der Waals surface area (Å²) in [7, 11) is 1.75. The lowest BCUT2D eigenvalue weighted by atomic mass is 9.93. The number of aromatic nitrogens is 2. The zero-order chi connectivity index (χ0) is 18.5. The van der Waals surface area contributed by atoms with Crippen molar-refractivity contribution in [1.29, 1.82) is 0 Å². The van der Waals surface area contributed by atoms with Crippen LogP contribution < -0.4 is 5.56 Å². The summed E-state index contributed by atoms with van der Waals surface area (Å²) >= 11 is 0. The highest BCUT2D eigenvalue weighted by molar-refractivity contribution is 5.83. The molecule has 1 amide bonds. The minimum Gasteiger partial charge on any atom is -0.338 e. The first-order chi connectivity index (χ1) is 12.6. The van der Waals surface area contributed by atoms with Gasteiger partial charge in [-0.15, -0.1) is 0 Å². The van der Waals surface area contributed by atoms with Crippen LogP contribution in [0, 0.1) is 0 Å². The van der Waals surface area contributed by atoms with Gasteiger partial charge < -0.3 is 9.88 Å². The maximum absolute atomic E-state index is 13.0. The van der Waals surface area contributed by atoms with Gasteiger partial charge in [0.1, 0.15) is 5.82 Å². The number of carbonyl (C=O) groups is 1. The predicted molar refractivity (Wildman–Crippen MR) is 103 cm³/mol. The Labute approximate surface area is 152 Å². The van der Waals surface area contributed by atoms with Crippen LogP contribution in [0.25, 0.3) is 10.9 Å². The molecule has 1 heterocycles. The highest BCUT2D eigenvalue weighted by Gasteiger charge is 2.23. The summed E-state index contributed by atoms with van der Waals surface area (Å²) in [5.41, 5.74) is 1.48. The third-order valence-electron chi connectivity index (χ3n) is 4.50. The SMILES string of the molecule is CCC[C@H](C(=O)N(C)Cc1nc2ccccc2c(=O)[nH]1)c1ccccc1. The molecule has 5 nitrogen and oxygen atoms in total. The molecular formula is C21H23N3O2. The van der Waals surface area contributed by atoms with E-state index >= 15 is 0 Å². The van der Waals surface area contributed by atoms with E-state index in [9.17, 15) is 9.59 Å². The molecule has 0 saturated heterocycles. The fourth-order valence-corrected chi connectivity index (χ4v) is 3.19. The summed E-state index contributed by atoms with van der Waals surface area (Å²) in [4.78, 5) is 34.1. The van der Waals surface area contributed by atoms with Gasteiger partial charge in [0.2, 0.25) is 5.91 Å². The molecule has 3 rings (SSSR count). The van der Waals surface area contributed by atoms with Crippen LogP contribution in [-0.2, 0) is 11.3 Å². The standard InChI is InChI=1S/C21H23N3O2/c1-3-9-16(15-10-5-4-6-11-15)21(26)24(2)14-19-22-18-13-8-7-12-17(18)20(25)23-19/h4-8,10-13,16H,3,9,14H2,1-2H3,(H,22,23,25)/t16-/m0/s1. The van der Waals surface area contributed by atoms with E-state index in [-0.39, 0.29) is 23.9 Å². The molecule has 0 radical (unpaired) electrons. The predicted octanol–water partition coefficient (Wildman–Crippen LogP) is 3.47. The van der Waals surface area contributed by atoms with Crippen molar-refractivity contribution in [2.45, 2.75) is 32.2 Å². The van der Waals surface area contributed by atoms with Crippen LogP contribution in [-0.4, -0.2) is 27.8 Å². The minimum atomic E-state index is -0.182. The number of carbonyl (C=O) groups excluding carboxylic acids is 1. The highest BCUT2D eigenvalue weighted by atomic mass is 16.2. The van der Waals surface area contributed by atoms with E-state index in [2.05, 4.69) is 16.9 Å². The Morgan fingerprint density at radius 2 is 1.81 bits per heavy atom. The van der Waals surface area contributed by atoms with Crippen molar-refractivity contribution >= 4 is 16.8 Å². The number of H-pyrrole nitrogens is 1. The van der Waals surface area contributed by atoms with Gasteiger partial charge in [-0.1, -0.05) is 55.8 Å². The maximum Gasteiger partial charge on any atom is 0.258 e. The quantitative estimate of drug-likeness (QED) is 0.741. The molecule has 0 spiro atoms. The van der Waals surface area contributed by atoms with Crippen molar-refractivity contribution in [2.24, 2.45) is 0 Å². The first kappa shape index (κ1) is 17.9. The summed E-state index contributed by atoms with van der Waals surface area (Å²) in [6, 6.07) is 17.0. The van der Waals surface area contributed by atoms with Crippen molar-refractivity contribution in [3.8, 4) is 0 Å². The van der Waals surface area contributed by atoms with E-state index in [0.717, 1.165) is 18.4 Å². The van der Waals surface area contributed by atoms with Crippen LogP contribution in [0.1, 0.15) is 37.1 Å². The van der Waals surface area contributed by atoms with Gasteiger partial charge in [-0.05, 0) is 24.1 Å². The molecule has 0 unspecified atom stereocenters. The Morgan fingerprint density at radius 1 is 1.12 bits per heavy atom. The number of rotatable bonds is 6. The van der Waals surface area contributed by atoms with Gasteiger partial charge in [-0.25, -0.2) is 4.98 Å². The number of amides is 1. The molecule has 5 heteroatoms. The van der Waals surface area contributed by atoms with Crippen molar-refractivity contribution in [1.82, 2.24) is 14.9 Å². The number of hydrogen-bond acceptors (Lipinski definition) is 3. The number of hydrogen-bond donors (Lipinski definition) is 1. The zero-order valence-electron chi connectivity index (χ0n) is 15.1. The van der Waals surface area contributed by atoms with E-state index in [1.54, 1.807) is 24.1 Å². The largest absolute Gasteiger partial charge is 0.338 e. The molecule has 26 heavy (non-hydrogen) atoms. The van der Waals surface area contributed by atoms with Gasteiger partial charge in [0.15, 0.2) is 0 Å². The third-order valence-corrected chi connectivity index (χ3v) is 4.50. The number of aromatic amines is 1. The summed E-state index contributed by atoms with van der Waals surface area (Å²) < 4.78 is 0. The Hall–Kier alpha value is -2.95. The Kier molecular flexibility index (Phi) is 5.46. The molecule has 0 aliphatic carbocycles. The highest BCUT2D eigenvalue weighted by Crippen LogP contribution is 2.23. The number of nitrogens with zero attached hydrogens (tertiary/aromatic N) is 2. The normalized spacial score (nSPS) is 12.1. The van der Waals surface area contributed by atoms with Gasteiger partial charge in [0.05, 0.1) is 23.4 Å². The van der Waals surface area contributed by atoms with Crippen LogP contribution >= 0.6 is 0 Å². The van der Waals surface area contributed by atoms with Gasteiger partial charge in [-0.3, -0.25) is 9.59 Å². The summed E-state index contributed by atoms with van der Waals surface area (Å²) in [6.07, 6.45) is 1.71. The molecule has 134 valence electrons. The van der Waals surface area contributed by atoms with E-state index in [1.807, 2.05) is 42.5 Å². The molecule has 1 atom stereocenters. The van der Waals surface area contributed by atoms with Crippen LogP contribution in [0.2, 0.25) is 0 Å². The van der Waals surface area contributed by atoms with Crippen molar-refractivity contribution in [2.75, 3.05) is 7.05 Å². The van der Waals surface area contributed by atoms with Gasteiger partial charge >= 0.3 is 0 Å². The second-order valence-corrected chi connectivity index (χ2v) is 6.48. The smallest absolute Gasteiger partial charge is 0.258 e. The number of fused-ring (bicyclic) bond motifs is 1. The second-order valence-electron chi connectivity index (χ2n) is 6.48. The molecule has 0 fully saturated rings. The van der Waals surface area contributed by atoms with Crippen molar-refractivity contribution < 1.29 is 4.79 Å². The van der Waals surface area contributed by atoms with Gasteiger partial charge in [-0.2, -0.15) is 0 Å². The first-order valence-corrected chi connectivity index (χ1v) is 8.88. The second kappa shape index (κ2) is 7.95. The van der Waals surface area contributed by atoms with E-state index in [0.29, 0.717) is 16.7 Å². The maximum atomic E-state index is 13.0. The van der Waals surface area contributed by atoms with Crippen LogP contribution in [0.15, 0.2) is 59.4 Å². The molecule has 0 aliphatic heterocycles. The fraction of sp³-hybridized carbons (Fsp3) is 0.286. The Bertz CT molecular complexity index is 950. The number of benzene rings is 2. The van der Waals surface area contributed by atoms with Crippen LogP contribution in [0.4, 0.5) is 0 Å². The van der Waals surface area contributed by atoms with Gasteiger partial charge in [0, 0.05) is 7.05 Å². The topological polar surface area (TPSA) is 66.1 Å². The van der Waals surface area contributed by atoms with Crippen molar-refractivity contribution in [3.63, 3.8) is 0 Å². The summed E-state index contributed by atoms with van der Waals surface area (Å²) in [6.45, 7) is 2.34. The molecule has 0 bridgehead atoms. The van der Waals surface area contributed by atoms with Crippen LogP contribution in [0.5, 0.6) is 0 Å². The number of nitrogens with one attached hydrogen (secondary N) is 1. The summed E-state index contributed by atoms with van der Waals surface area (Å²) in [5.74, 6) is 0.347. The van der Waals surface area contributed by atoms with E-state index in [4.69, 9.17) is 0 Å². The molecular weight excluding hydrogens is 326 g/mol. The summed E-state index contributed by atoms with van der Waals surface area (Å²) in [5, 5.41) is 0.554. The number of likely N-dealkylation sites (N-methyl/N-ethyl adjacent to an activating group) is 1. The number of para-hydroxylation sites is 1. The van der Waals surface area contributed by atoms with Crippen LogP contribution in [0.3, 0.4) is 0 Å². The Morgan fingerprint density at radius 3 is 2.54 bits per heavy atom. The van der Waals surface area contributed by atoms with Gasteiger partial charge in [0.25, 0.3) is 5.56 Å². The molecule has 1 aromatic heterocycles. The fourth-order valence-electron chi connectivity index (χ4n) is 3.19. The van der Waals surface area contributed by atoms with Crippen molar-refractivity contribution in [3.05, 3.63) is 76.3 Å². The lowest BCUT2D eigenvalue weighted by molar-refractivity contribution is -0.132. The molecule has 3 aromatic rings. The van der Waals surface area contributed by atoms with E-state index < -0.39 is 0 Å². The average molecular weight is 349 g/mol. The third kappa shape index (κ3) is 3.82. The monoisotopic (exact) mass is 349 g/mol. The minimum absolute atomic E-state index is 0.0360. The lowest BCUT2D eigenvalue weighted by Crippen LogP contribution is -2.32. The Balaban J connectivity index is 1.83. The average Bonchev–Trinajstić information content (AvgIpc) is 2.66. The molecule has 0 saturated carbocycles. The lowest BCUT2D eigenvalue weighted by Gasteiger charge is -2.23. The first-order valence-electron chi connectivity index (χ1n) is 8.88.